The van der Waals surface area contributed by atoms with Gasteiger partial charge in [0.15, 0.2) is 0 Å². The molecule has 16 heavy (non-hydrogen) atoms. The summed E-state index contributed by atoms with van der Waals surface area (Å²) in [4.78, 5) is 23.5. The molecule has 0 aromatic carbocycles. The molecular formula is C10H14N2O4. The molecule has 1 rings (SSSR count). The van der Waals surface area contributed by atoms with Crippen molar-refractivity contribution in [1.82, 2.24) is 4.90 Å². The van der Waals surface area contributed by atoms with Crippen molar-refractivity contribution in [2.24, 2.45) is 11.7 Å². The van der Waals surface area contributed by atoms with Crippen molar-refractivity contribution in [2.45, 2.75) is 6.04 Å². The van der Waals surface area contributed by atoms with Crippen LogP contribution in [0.15, 0.2) is 0 Å². The highest BCUT2D eigenvalue weighted by Crippen LogP contribution is 2.14. The molecule has 0 spiro atoms. The fraction of sp³-hybridized carbons (Fsp3) is 0.600. The number of carboxylic acid groups (broad SMARTS) is 1. The van der Waals surface area contributed by atoms with E-state index in [9.17, 15) is 9.59 Å². The Morgan fingerprint density at radius 2 is 2.25 bits per heavy atom. The van der Waals surface area contributed by atoms with Gasteiger partial charge in [-0.25, -0.2) is 0 Å². The number of rotatable bonds is 4. The van der Waals surface area contributed by atoms with Gasteiger partial charge in [-0.15, -0.1) is 6.42 Å². The van der Waals surface area contributed by atoms with Gasteiger partial charge in [0, 0.05) is 6.04 Å². The van der Waals surface area contributed by atoms with E-state index in [4.69, 9.17) is 22.0 Å². The number of nitrogens with zero attached hydrogens (tertiary/aromatic N) is 1. The van der Waals surface area contributed by atoms with Crippen molar-refractivity contribution in [3.05, 3.63) is 0 Å². The number of aliphatic carboxylic acids is 1. The van der Waals surface area contributed by atoms with Crippen LogP contribution < -0.4 is 5.73 Å². The largest absolute Gasteiger partial charge is 0.480 e. The molecule has 0 bridgehead atoms. The van der Waals surface area contributed by atoms with Crippen LogP contribution in [0.3, 0.4) is 0 Å². The normalized spacial score (nSPS) is 23.8. The molecule has 1 heterocycles. The summed E-state index contributed by atoms with van der Waals surface area (Å²) in [5.74, 6) is 0.303. The molecule has 0 radical (unpaired) electrons. The summed E-state index contributed by atoms with van der Waals surface area (Å²) >= 11 is 0. The SMILES string of the molecule is C#CCN(CC(=O)O)C(=O)C1COCC1N. The minimum absolute atomic E-state index is 0.0334. The van der Waals surface area contributed by atoms with Gasteiger partial charge >= 0.3 is 5.97 Å². The number of carbonyl (C=O) groups excluding carboxylic acids is 1. The maximum absolute atomic E-state index is 11.9. The average molecular weight is 226 g/mol. The first kappa shape index (κ1) is 12.5. The summed E-state index contributed by atoms with van der Waals surface area (Å²) in [5, 5.41) is 8.64. The lowest BCUT2D eigenvalue weighted by molar-refractivity contribution is -0.145. The van der Waals surface area contributed by atoms with Crippen molar-refractivity contribution < 1.29 is 19.4 Å². The third-order valence-corrected chi connectivity index (χ3v) is 2.36. The number of carbonyl (C=O) groups is 2. The maximum Gasteiger partial charge on any atom is 0.323 e. The van der Waals surface area contributed by atoms with Crippen molar-refractivity contribution >= 4 is 11.9 Å². The number of nitrogens with two attached hydrogens (primary N) is 1. The number of amides is 1. The molecule has 2 atom stereocenters. The Morgan fingerprint density at radius 3 is 2.69 bits per heavy atom. The summed E-state index contributed by atoms with van der Waals surface area (Å²) in [5.41, 5.74) is 5.67. The van der Waals surface area contributed by atoms with E-state index in [-0.39, 0.29) is 25.1 Å². The van der Waals surface area contributed by atoms with Gasteiger partial charge in [0.25, 0.3) is 0 Å². The van der Waals surface area contributed by atoms with Crippen LogP contribution in [-0.4, -0.2) is 54.2 Å². The number of carboxylic acids is 1. The lowest BCUT2D eigenvalue weighted by Gasteiger charge is -2.22. The summed E-state index contributed by atoms with van der Waals surface area (Å²) in [7, 11) is 0. The van der Waals surface area contributed by atoms with Crippen LogP contribution >= 0.6 is 0 Å². The summed E-state index contributed by atoms with van der Waals surface area (Å²) in [6.45, 7) is 0.0919. The molecular weight excluding hydrogens is 212 g/mol. The lowest BCUT2D eigenvalue weighted by atomic mass is 10.0. The molecule has 6 nitrogen and oxygen atoms in total. The summed E-state index contributed by atoms with van der Waals surface area (Å²) < 4.78 is 5.05. The maximum atomic E-state index is 11.9. The quantitative estimate of drug-likeness (QED) is 0.569. The second-order valence-corrected chi connectivity index (χ2v) is 3.60. The van der Waals surface area contributed by atoms with Gasteiger partial charge in [-0.05, 0) is 0 Å². The van der Waals surface area contributed by atoms with Gasteiger partial charge < -0.3 is 20.5 Å². The van der Waals surface area contributed by atoms with Gasteiger partial charge in [-0.1, -0.05) is 5.92 Å². The summed E-state index contributed by atoms with van der Waals surface area (Å²) in [6, 6.07) is -0.387. The van der Waals surface area contributed by atoms with Crippen LogP contribution in [0.5, 0.6) is 0 Å². The molecule has 1 amide bonds. The van der Waals surface area contributed by atoms with E-state index in [0.29, 0.717) is 6.61 Å². The Balaban J connectivity index is 2.66. The fourth-order valence-corrected chi connectivity index (χ4v) is 1.54. The Hall–Kier alpha value is -1.58. The van der Waals surface area contributed by atoms with Crippen LogP contribution in [0.4, 0.5) is 0 Å². The van der Waals surface area contributed by atoms with E-state index in [0.717, 1.165) is 4.90 Å². The molecule has 6 heteroatoms. The Morgan fingerprint density at radius 1 is 1.56 bits per heavy atom. The molecule has 0 aromatic heterocycles. The molecule has 1 fully saturated rings. The molecule has 3 N–H and O–H groups in total. The molecule has 1 saturated heterocycles. The number of hydrogen-bond acceptors (Lipinski definition) is 4. The molecule has 1 aliphatic rings. The number of ether oxygens (including phenoxy) is 1. The minimum Gasteiger partial charge on any atom is -0.480 e. The van der Waals surface area contributed by atoms with Gasteiger partial charge in [0.05, 0.1) is 25.7 Å². The number of terminal acetylenes is 1. The summed E-state index contributed by atoms with van der Waals surface area (Å²) in [6.07, 6.45) is 5.08. The van der Waals surface area contributed by atoms with Gasteiger partial charge in [-0.2, -0.15) is 0 Å². The van der Waals surface area contributed by atoms with Crippen LogP contribution in [0.1, 0.15) is 0 Å². The van der Waals surface area contributed by atoms with Crippen molar-refractivity contribution in [3.8, 4) is 12.3 Å². The third kappa shape index (κ3) is 2.95. The van der Waals surface area contributed by atoms with Crippen molar-refractivity contribution in [3.63, 3.8) is 0 Å². The first-order valence-electron chi connectivity index (χ1n) is 4.83. The Labute approximate surface area is 93.3 Å². The van der Waals surface area contributed by atoms with Crippen LogP contribution in [0.2, 0.25) is 0 Å². The zero-order valence-electron chi connectivity index (χ0n) is 8.76. The molecule has 88 valence electrons. The minimum atomic E-state index is -1.10. The van der Waals surface area contributed by atoms with Crippen molar-refractivity contribution in [1.29, 1.82) is 0 Å². The second-order valence-electron chi connectivity index (χ2n) is 3.60. The van der Waals surface area contributed by atoms with Crippen LogP contribution in [0.25, 0.3) is 0 Å². The smallest absolute Gasteiger partial charge is 0.323 e. The molecule has 2 unspecified atom stereocenters. The van der Waals surface area contributed by atoms with E-state index in [2.05, 4.69) is 5.92 Å². The predicted octanol–water partition coefficient (Wildman–Crippen LogP) is -1.49. The number of hydrogen-bond donors (Lipinski definition) is 2. The fourth-order valence-electron chi connectivity index (χ4n) is 1.54. The Bertz CT molecular complexity index is 323. The van der Waals surface area contributed by atoms with E-state index in [1.807, 2.05) is 0 Å². The first-order valence-corrected chi connectivity index (χ1v) is 4.83. The zero-order chi connectivity index (χ0) is 12.1. The molecule has 0 aliphatic carbocycles. The van der Waals surface area contributed by atoms with E-state index in [1.165, 1.54) is 0 Å². The van der Waals surface area contributed by atoms with Gasteiger partial charge in [0.2, 0.25) is 5.91 Å². The highest BCUT2D eigenvalue weighted by molar-refractivity contribution is 5.84. The zero-order valence-corrected chi connectivity index (χ0v) is 8.76. The topological polar surface area (TPSA) is 92.9 Å². The van der Waals surface area contributed by atoms with E-state index >= 15 is 0 Å². The predicted molar refractivity (Wildman–Crippen MR) is 55.3 cm³/mol. The molecule has 0 aromatic rings. The van der Waals surface area contributed by atoms with Crippen LogP contribution in [-0.2, 0) is 14.3 Å². The van der Waals surface area contributed by atoms with Crippen molar-refractivity contribution in [2.75, 3.05) is 26.3 Å². The Kier molecular flexibility index (Phi) is 4.28. The van der Waals surface area contributed by atoms with Gasteiger partial charge in [-0.3, -0.25) is 9.59 Å². The highest BCUT2D eigenvalue weighted by Gasteiger charge is 2.34. The second kappa shape index (κ2) is 5.49. The molecule has 1 aliphatic heterocycles. The third-order valence-electron chi connectivity index (χ3n) is 2.36. The first-order chi connectivity index (χ1) is 7.56. The molecule has 0 saturated carbocycles. The monoisotopic (exact) mass is 226 g/mol. The highest BCUT2D eigenvalue weighted by atomic mass is 16.5. The van der Waals surface area contributed by atoms with E-state index in [1.54, 1.807) is 0 Å². The standard InChI is InChI=1S/C10H14N2O4/c1-2-3-12(4-9(13)14)10(15)7-5-16-6-8(7)11/h1,7-8H,3-6,11H2,(H,13,14). The van der Waals surface area contributed by atoms with E-state index < -0.39 is 18.4 Å². The average Bonchev–Trinajstić information content (AvgIpc) is 2.62. The van der Waals surface area contributed by atoms with Gasteiger partial charge in [0.1, 0.15) is 6.54 Å². The van der Waals surface area contributed by atoms with Crippen LogP contribution in [0, 0.1) is 18.3 Å². The lowest BCUT2D eigenvalue weighted by Crippen LogP contribution is -2.45.